The normalized spacial score (nSPS) is 11.8. The van der Waals surface area contributed by atoms with Crippen LogP contribution in [0.1, 0.15) is 10.4 Å². The summed E-state index contributed by atoms with van der Waals surface area (Å²) in [4.78, 5) is 41.9. The van der Waals surface area contributed by atoms with E-state index in [9.17, 15) is 14.4 Å². The van der Waals surface area contributed by atoms with Gasteiger partial charge >= 0.3 is 0 Å². The molecule has 0 radical (unpaired) electrons. The molecule has 0 saturated carbocycles. The molecule has 28 heavy (non-hydrogen) atoms. The number of nitrogens with one attached hydrogen (secondary N) is 1. The average Bonchev–Trinajstić information content (AvgIpc) is 3.20. The summed E-state index contributed by atoms with van der Waals surface area (Å²) in [5.41, 5.74) is 2.99. The number of carbonyl (C=O) groups is 3. The SMILES string of the molecule is CNC(=O)C(C(=O)CO)N(C)C(=O)c1ccc(-c2ccn3ccnc3c2)cc1. The minimum Gasteiger partial charge on any atom is -0.388 e. The van der Waals surface area contributed by atoms with Gasteiger partial charge in [0.25, 0.3) is 5.91 Å². The van der Waals surface area contributed by atoms with Crippen molar-refractivity contribution in [2.75, 3.05) is 20.7 Å². The van der Waals surface area contributed by atoms with Gasteiger partial charge in [-0.1, -0.05) is 12.1 Å². The highest BCUT2D eigenvalue weighted by molar-refractivity contribution is 6.10. The summed E-state index contributed by atoms with van der Waals surface area (Å²) in [5.74, 6) is -1.90. The van der Waals surface area contributed by atoms with Crippen LogP contribution in [0.15, 0.2) is 55.0 Å². The zero-order valence-electron chi connectivity index (χ0n) is 15.5. The maximum Gasteiger partial charge on any atom is 0.254 e. The highest BCUT2D eigenvalue weighted by Crippen LogP contribution is 2.21. The van der Waals surface area contributed by atoms with E-state index in [0.717, 1.165) is 21.7 Å². The van der Waals surface area contributed by atoms with Gasteiger partial charge in [-0.05, 0) is 35.4 Å². The van der Waals surface area contributed by atoms with Gasteiger partial charge in [0.2, 0.25) is 5.91 Å². The number of Topliss-reactive ketones (excluding diaryl/α,β-unsaturated/α-hetero) is 1. The van der Waals surface area contributed by atoms with E-state index in [1.54, 1.807) is 30.5 Å². The molecular formula is C20H20N4O4. The molecule has 144 valence electrons. The molecule has 2 amide bonds. The molecule has 3 rings (SSSR count). The van der Waals surface area contributed by atoms with Crippen LogP contribution in [0.2, 0.25) is 0 Å². The third kappa shape index (κ3) is 3.63. The fourth-order valence-electron chi connectivity index (χ4n) is 2.98. The Labute approximate surface area is 161 Å². The summed E-state index contributed by atoms with van der Waals surface area (Å²) in [6.07, 6.45) is 5.47. The van der Waals surface area contributed by atoms with E-state index in [0.29, 0.717) is 5.56 Å². The molecule has 0 bridgehead atoms. The summed E-state index contributed by atoms with van der Waals surface area (Å²) in [6.45, 7) is -0.828. The molecule has 0 aliphatic heterocycles. The number of aromatic nitrogens is 2. The summed E-state index contributed by atoms with van der Waals surface area (Å²) in [6, 6.07) is 9.34. The first-order valence-electron chi connectivity index (χ1n) is 8.61. The van der Waals surface area contributed by atoms with Crippen molar-refractivity contribution < 1.29 is 19.5 Å². The standard InChI is InChI=1S/C20H20N4O4/c1-21-19(27)18(16(26)12-25)23(2)20(28)14-5-3-13(4-6-14)15-7-9-24-10-8-22-17(24)11-15/h3-11,18,25H,12H2,1-2H3,(H,21,27). The third-order valence-electron chi connectivity index (χ3n) is 4.53. The van der Waals surface area contributed by atoms with Crippen molar-refractivity contribution >= 4 is 23.2 Å². The Morgan fingerprint density at radius 3 is 2.50 bits per heavy atom. The van der Waals surface area contributed by atoms with Crippen LogP contribution in [-0.4, -0.2) is 63.7 Å². The van der Waals surface area contributed by atoms with Gasteiger partial charge in [0.1, 0.15) is 12.3 Å². The smallest absolute Gasteiger partial charge is 0.254 e. The van der Waals surface area contributed by atoms with Crippen LogP contribution in [0.25, 0.3) is 16.8 Å². The lowest BCUT2D eigenvalue weighted by molar-refractivity contribution is -0.135. The van der Waals surface area contributed by atoms with Gasteiger partial charge in [0, 0.05) is 38.2 Å². The lowest BCUT2D eigenvalue weighted by Crippen LogP contribution is -2.52. The van der Waals surface area contributed by atoms with Gasteiger partial charge in [0.15, 0.2) is 11.8 Å². The van der Waals surface area contributed by atoms with Gasteiger partial charge < -0.3 is 19.7 Å². The van der Waals surface area contributed by atoms with Crippen molar-refractivity contribution in [2.24, 2.45) is 0 Å². The fourth-order valence-corrected chi connectivity index (χ4v) is 2.98. The van der Waals surface area contributed by atoms with Crippen molar-refractivity contribution in [1.29, 1.82) is 0 Å². The minimum absolute atomic E-state index is 0.327. The number of pyridine rings is 1. The number of imidazole rings is 1. The highest BCUT2D eigenvalue weighted by Gasteiger charge is 2.32. The second-order valence-electron chi connectivity index (χ2n) is 6.24. The largest absolute Gasteiger partial charge is 0.388 e. The number of nitrogens with zero attached hydrogens (tertiary/aromatic N) is 3. The number of hydrogen-bond acceptors (Lipinski definition) is 5. The van der Waals surface area contributed by atoms with Gasteiger partial charge in [-0.15, -0.1) is 0 Å². The number of amides is 2. The summed E-state index contributed by atoms with van der Waals surface area (Å²) >= 11 is 0. The van der Waals surface area contributed by atoms with E-state index in [-0.39, 0.29) is 0 Å². The lowest BCUT2D eigenvalue weighted by atomic mass is 10.0. The van der Waals surface area contributed by atoms with Crippen LogP contribution < -0.4 is 5.32 Å². The number of likely N-dealkylation sites (N-methyl/N-ethyl adjacent to an activating group) is 2. The van der Waals surface area contributed by atoms with Crippen LogP contribution >= 0.6 is 0 Å². The van der Waals surface area contributed by atoms with E-state index in [1.165, 1.54) is 14.1 Å². The highest BCUT2D eigenvalue weighted by atomic mass is 16.3. The number of benzene rings is 1. The Hall–Kier alpha value is -3.52. The predicted octanol–water partition coefficient (Wildman–Crippen LogP) is 0.749. The minimum atomic E-state index is -1.38. The van der Waals surface area contributed by atoms with Gasteiger partial charge in [-0.2, -0.15) is 0 Å². The maximum absolute atomic E-state index is 12.7. The molecule has 0 saturated heterocycles. The Kier molecular flexibility index (Phi) is 5.51. The molecule has 1 atom stereocenters. The molecule has 0 fully saturated rings. The van der Waals surface area contributed by atoms with E-state index in [4.69, 9.17) is 5.11 Å². The first kappa shape index (κ1) is 19.2. The van der Waals surface area contributed by atoms with Gasteiger partial charge in [-0.25, -0.2) is 4.98 Å². The number of rotatable bonds is 6. The number of aliphatic hydroxyl groups excluding tert-OH is 1. The Balaban J connectivity index is 1.84. The molecule has 1 unspecified atom stereocenters. The van der Waals surface area contributed by atoms with E-state index >= 15 is 0 Å². The van der Waals surface area contributed by atoms with Crippen LogP contribution in [0, 0.1) is 0 Å². The quantitative estimate of drug-likeness (QED) is 0.614. The summed E-state index contributed by atoms with van der Waals surface area (Å²) in [7, 11) is 2.72. The molecule has 1 aromatic carbocycles. The molecular weight excluding hydrogens is 360 g/mol. The molecule has 8 heteroatoms. The molecule has 0 spiro atoms. The zero-order chi connectivity index (χ0) is 20.3. The molecule has 2 heterocycles. The second-order valence-corrected chi connectivity index (χ2v) is 6.24. The van der Waals surface area contributed by atoms with Crippen LogP contribution in [-0.2, 0) is 9.59 Å². The predicted molar refractivity (Wildman–Crippen MR) is 103 cm³/mol. The number of fused-ring (bicyclic) bond motifs is 1. The van der Waals surface area contributed by atoms with Crippen molar-refractivity contribution in [3.8, 4) is 11.1 Å². The third-order valence-corrected chi connectivity index (χ3v) is 4.53. The van der Waals surface area contributed by atoms with E-state index < -0.39 is 30.2 Å². The molecule has 2 N–H and O–H groups in total. The molecule has 0 aliphatic carbocycles. The number of hydrogen-bond donors (Lipinski definition) is 2. The second kappa shape index (κ2) is 8.01. The molecule has 0 aliphatic rings. The monoisotopic (exact) mass is 380 g/mol. The summed E-state index contributed by atoms with van der Waals surface area (Å²) in [5, 5.41) is 11.4. The average molecular weight is 380 g/mol. The molecule has 2 aromatic heterocycles. The van der Waals surface area contributed by atoms with E-state index in [1.807, 2.05) is 28.9 Å². The van der Waals surface area contributed by atoms with Crippen molar-refractivity contribution in [2.45, 2.75) is 6.04 Å². The summed E-state index contributed by atoms with van der Waals surface area (Å²) < 4.78 is 1.90. The number of carbonyl (C=O) groups excluding carboxylic acids is 3. The van der Waals surface area contributed by atoms with Crippen LogP contribution in [0.3, 0.4) is 0 Å². The maximum atomic E-state index is 12.7. The number of ketones is 1. The van der Waals surface area contributed by atoms with Crippen LogP contribution in [0.5, 0.6) is 0 Å². The van der Waals surface area contributed by atoms with Crippen molar-refractivity contribution in [1.82, 2.24) is 19.6 Å². The first-order valence-corrected chi connectivity index (χ1v) is 8.61. The number of aliphatic hydroxyl groups is 1. The molecule has 3 aromatic rings. The fraction of sp³-hybridized carbons (Fsp3) is 0.200. The van der Waals surface area contributed by atoms with Gasteiger partial charge in [-0.3, -0.25) is 14.4 Å². The van der Waals surface area contributed by atoms with Crippen LogP contribution in [0.4, 0.5) is 0 Å². The van der Waals surface area contributed by atoms with E-state index in [2.05, 4.69) is 10.3 Å². The first-order chi connectivity index (χ1) is 13.5. The lowest BCUT2D eigenvalue weighted by Gasteiger charge is -2.25. The Bertz CT molecular complexity index is 1010. The Morgan fingerprint density at radius 1 is 1.14 bits per heavy atom. The van der Waals surface area contributed by atoms with Crippen molar-refractivity contribution in [3.05, 3.63) is 60.6 Å². The molecule has 8 nitrogen and oxygen atoms in total. The van der Waals surface area contributed by atoms with Crippen molar-refractivity contribution in [3.63, 3.8) is 0 Å². The van der Waals surface area contributed by atoms with Gasteiger partial charge in [0.05, 0.1) is 0 Å². The zero-order valence-corrected chi connectivity index (χ0v) is 15.5. The topological polar surface area (TPSA) is 104 Å². The Morgan fingerprint density at radius 2 is 1.86 bits per heavy atom.